The van der Waals surface area contributed by atoms with Crippen LogP contribution in [-0.4, -0.2) is 7.11 Å². The van der Waals surface area contributed by atoms with Crippen molar-refractivity contribution in [1.82, 2.24) is 0 Å². The van der Waals surface area contributed by atoms with Crippen LogP contribution in [-0.2, 0) is 0 Å². The molecule has 2 heteroatoms. The molecule has 0 aliphatic rings. The van der Waals surface area contributed by atoms with Crippen LogP contribution in [0.15, 0.2) is 36.4 Å². The number of aryl methyl sites for hydroxylation is 3. The van der Waals surface area contributed by atoms with E-state index >= 15 is 0 Å². The van der Waals surface area contributed by atoms with Crippen molar-refractivity contribution >= 4 is 11.4 Å². The molecule has 1 N–H and O–H groups in total. The minimum absolute atomic E-state index is 0.887. The summed E-state index contributed by atoms with van der Waals surface area (Å²) < 4.78 is 5.21. The van der Waals surface area contributed by atoms with Gasteiger partial charge in [0.05, 0.1) is 7.11 Å². The second kappa shape index (κ2) is 5.13. The van der Waals surface area contributed by atoms with Crippen molar-refractivity contribution in [2.24, 2.45) is 0 Å². The lowest BCUT2D eigenvalue weighted by molar-refractivity contribution is 0.414. The van der Waals surface area contributed by atoms with Crippen LogP contribution >= 0.6 is 0 Å². The standard InChI is InChI=1S/C16H19NO/c1-11-5-6-14(9-12(11)2)17-16-8-7-15(18-4)10-13(16)3/h5-10,17H,1-4H3. The molecule has 0 fully saturated rings. The Morgan fingerprint density at radius 3 is 2.22 bits per heavy atom. The third-order valence-corrected chi connectivity index (χ3v) is 3.22. The van der Waals surface area contributed by atoms with Crippen LogP contribution in [0.3, 0.4) is 0 Å². The van der Waals surface area contributed by atoms with E-state index in [1.54, 1.807) is 7.11 Å². The van der Waals surface area contributed by atoms with E-state index in [1.807, 2.05) is 18.2 Å². The molecule has 2 aromatic rings. The van der Waals surface area contributed by atoms with E-state index in [9.17, 15) is 0 Å². The van der Waals surface area contributed by atoms with Gasteiger partial charge in [-0.25, -0.2) is 0 Å². The van der Waals surface area contributed by atoms with Crippen molar-refractivity contribution in [3.63, 3.8) is 0 Å². The molecule has 0 radical (unpaired) electrons. The average molecular weight is 241 g/mol. The van der Waals surface area contributed by atoms with Crippen LogP contribution in [0, 0.1) is 20.8 Å². The molecule has 0 heterocycles. The molecule has 0 aliphatic heterocycles. The molecule has 0 spiro atoms. The zero-order valence-electron chi connectivity index (χ0n) is 11.4. The molecule has 0 saturated carbocycles. The fourth-order valence-corrected chi connectivity index (χ4v) is 1.88. The van der Waals surface area contributed by atoms with E-state index in [0.29, 0.717) is 0 Å². The number of methoxy groups -OCH3 is 1. The summed E-state index contributed by atoms with van der Waals surface area (Å²) in [6.45, 7) is 6.32. The summed E-state index contributed by atoms with van der Waals surface area (Å²) in [4.78, 5) is 0. The third-order valence-electron chi connectivity index (χ3n) is 3.22. The van der Waals surface area contributed by atoms with E-state index in [0.717, 1.165) is 17.1 Å². The quantitative estimate of drug-likeness (QED) is 0.861. The maximum atomic E-state index is 5.21. The van der Waals surface area contributed by atoms with Gasteiger partial charge >= 0.3 is 0 Å². The monoisotopic (exact) mass is 241 g/mol. The van der Waals surface area contributed by atoms with Crippen LogP contribution in [0.1, 0.15) is 16.7 Å². The zero-order valence-corrected chi connectivity index (χ0v) is 11.4. The summed E-state index contributed by atoms with van der Waals surface area (Å²) in [5, 5.41) is 3.44. The van der Waals surface area contributed by atoms with E-state index in [1.165, 1.54) is 16.7 Å². The van der Waals surface area contributed by atoms with Crippen molar-refractivity contribution in [1.29, 1.82) is 0 Å². The number of anilines is 2. The predicted molar refractivity (Wildman–Crippen MR) is 76.9 cm³/mol. The zero-order chi connectivity index (χ0) is 13.1. The second-order valence-electron chi connectivity index (χ2n) is 4.60. The number of ether oxygens (including phenoxy) is 1. The highest BCUT2D eigenvalue weighted by atomic mass is 16.5. The fraction of sp³-hybridized carbons (Fsp3) is 0.250. The molecule has 94 valence electrons. The smallest absolute Gasteiger partial charge is 0.119 e. The normalized spacial score (nSPS) is 10.2. The highest BCUT2D eigenvalue weighted by Gasteiger charge is 2.02. The van der Waals surface area contributed by atoms with Gasteiger partial charge in [-0.3, -0.25) is 0 Å². The second-order valence-corrected chi connectivity index (χ2v) is 4.60. The Hall–Kier alpha value is -1.96. The minimum Gasteiger partial charge on any atom is -0.497 e. The number of rotatable bonds is 3. The third kappa shape index (κ3) is 2.65. The molecule has 0 saturated heterocycles. The first kappa shape index (κ1) is 12.5. The lowest BCUT2D eigenvalue weighted by Gasteiger charge is -2.12. The van der Waals surface area contributed by atoms with Gasteiger partial charge in [0.15, 0.2) is 0 Å². The van der Waals surface area contributed by atoms with Gasteiger partial charge in [0.2, 0.25) is 0 Å². The summed E-state index contributed by atoms with van der Waals surface area (Å²) in [6.07, 6.45) is 0. The Labute approximate surface area is 109 Å². The fourth-order valence-electron chi connectivity index (χ4n) is 1.88. The number of benzene rings is 2. The van der Waals surface area contributed by atoms with Gasteiger partial charge in [-0.15, -0.1) is 0 Å². The van der Waals surface area contributed by atoms with Crippen LogP contribution in [0.2, 0.25) is 0 Å². The summed E-state index contributed by atoms with van der Waals surface area (Å²) >= 11 is 0. The Morgan fingerprint density at radius 2 is 1.61 bits per heavy atom. The van der Waals surface area contributed by atoms with Gasteiger partial charge in [0.25, 0.3) is 0 Å². The number of nitrogens with one attached hydrogen (secondary N) is 1. The molecule has 0 atom stereocenters. The Morgan fingerprint density at radius 1 is 0.833 bits per heavy atom. The highest BCUT2D eigenvalue weighted by Crippen LogP contribution is 2.25. The molecule has 0 bridgehead atoms. The molecular formula is C16H19NO. The molecule has 0 aliphatic carbocycles. The maximum Gasteiger partial charge on any atom is 0.119 e. The van der Waals surface area contributed by atoms with E-state index in [4.69, 9.17) is 4.74 Å². The number of hydrogen-bond donors (Lipinski definition) is 1. The molecule has 0 aromatic heterocycles. The van der Waals surface area contributed by atoms with Gasteiger partial charge in [-0.05, 0) is 67.8 Å². The average Bonchev–Trinajstić information content (AvgIpc) is 2.36. The summed E-state index contributed by atoms with van der Waals surface area (Å²) in [5.74, 6) is 0.887. The van der Waals surface area contributed by atoms with E-state index in [2.05, 4.69) is 44.3 Å². The van der Waals surface area contributed by atoms with Crippen molar-refractivity contribution in [3.8, 4) is 5.75 Å². The lowest BCUT2D eigenvalue weighted by Crippen LogP contribution is -1.95. The maximum absolute atomic E-state index is 5.21. The molecule has 2 aromatic carbocycles. The minimum atomic E-state index is 0.887. The topological polar surface area (TPSA) is 21.3 Å². The largest absolute Gasteiger partial charge is 0.497 e. The van der Waals surface area contributed by atoms with Gasteiger partial charge in [-0.1, -0.05) is 6.07 Å². The SMILES string of the molecule is COc1ccc(Nc2ccc(C)c(C)c2)c(C)c1. The predicted octanol–water partition coefficient (Wildman–Crippen LogP) is 4.36. The molecule has 2 rings (SSSR count). The first-order valence-electron chi connectivity index (χ1n) is 6.09. The van der Waals surface area contributed by atoms with Gasteiger partial charge < -0.3 is 10.1 Å². The van der Waals surface area contributed by atoms with Crippen LogP contribution < -0.4 is 10.1 Å². The van der Waals surface area contributed by atoms with Crippen molar-refractivity contribution in [2.45, 2.75) is 20.8 Å². The Bertz CT molecular complexity index is 561. The van der Waals surface area contributed by atoms with Crippen molar-refractivity contribution < 1.29 is 4.74 Å². The van der Waals surface area contributed by atoms with Crippen LogP contribution in [0.25, 0.3) is 0 Å². The van der Waals surface area contributed by atoms with Gasteiger partial charge in [0.1, 0.15) is 5.75 Å². The molecule has 18 heavy (non-hydrogen) atoms. The first-order valence-corrected chi connectivity index (χ1v) is 6.09. The van der Waals surface area contributed by atoms with Gasteiger partial charge in [-0.2, -0.15) is 0 Å². The highest BCUT2D eigenvalue weighted by molar-refractivity contribution is 5.65. The van der Waals surface area contributed by atoms with Crippen molar-refractivity contribution in [2.75, 3.05) is 12.4 Å². The summed E-state index contributed by atoms with van der Waals surface area (Å²) in [6, 6.07) is 12.4. The van der Waals surface area contributed by atoms with Gasteiger partial charge in [0, 0.05) is 11.4 Å². The van der Waals surface area contributed by atoms with Crippen molar-refractivity contribution in [3.05, 3.63) is 53.1 Å². The Balaban J connectivity index is 2.25. The summed E-state index contributed by atoms with van der Waals surface area (Å²) in [7, 11) is 1.69. The van der Waals surface area contributed by atoms with Crippen LogP contribution in [0.4, 0.5) is 11.4 Å². The molecule has 2 nitrogen and oxygen atoms in total. The van der Waals surface area contributed by atoms with E-state index < -0.39 is 0 Å². The molecule has 0 unspecified atom stereocenters. The molecular weight excluding hydrogens is 222 g/mol. The molecule has 0 amide bonds. The lowest BCUT2D eigenvalue weighted by atomic mass is 10.1. The Kier molecular flexibility index (Phi) is 3.56. The summed E-state index contributed by atoms with van der Waals surface area (Å²) in [5.41, 5.74) is 6.01. The van der Waals surface area contributed by atoms with E-state index in [-0.39, 0.29) is 0 Å². The first-order chi connectivity index (χ1) is 8.60. The number of hydrogen-bond acceptors (Lipinski definition) is 2. The van der Waals surface area contributed by atoms with Crippen LogP contribution in [0.5, 0.6) is 5.75 Å².